The minimum atomic E-state index is -0.0872. The molecule has 0 saturated carbocycles. The third-order valence-corrected chi connectivity index (χ3v) is 5.09. The highest BCUT2D eigenvalue weighted by molar-refractivity contribution is 5.96. The van der Waals surface area contributed by atoms with E-state index < -0.39 is 0 Å². The molecule has 1 aromatic carbocycles. The lowest BCUT2D eigenvalue weighted by atomic mass is 10.0. The molecule has 2 aromatic rings. The monoisotopic (exact) mass is 370 g/mol. The van der Waals surface area contributed by atoms with Gasteiger partial charge in [0, 0.05) is 50.9 Å². The minimum absolute atomic E-state index is 0.0872. The van der Waals surface area contributed by atoms with Crippen LogP contribution in [0.1, 0.15) is 47.1 Å². The van der Waals surface area contributed by atoms with E-state index >= 15 is 0 Å². The quantitative estimate of drug-likeness (QED) is 0.847. The van der Waals surface area contributed by atoms with Gasteiger partial charge in [0.15, 0.2) is 5.76 Å². The Balaban J connectivity index is 1.46. The van der Waals surface area contributed by atoms with Crippen LogP contribution in [0.4, 0.5) is 5.69 Å². The summed E-state index contributed by atoms with van der Waals surface area (Å²) in [4.78, 5) is 17.4. The highest BCUT2D eigenvalue weighted by atomic mass is 16.5. The topological polar surface area (TPSA) is 61.6 Å². The van der Waals surface area contributed by atoms with Crippen LogP contribution in [-0.2, 0) is 0 Å². The first-order valence-electron chi connectivity index (χ1n) is 9.74. The van der Waals surface area contributed by atoms with Crippen molar-refractivity contribution in [2.24, 2.45) is 0 Å². The van der Waals surface area contributed by atoms with Crippen molar-refractivity contribution in [1.82, 2.24) is 15.4 Å². The molecule has 0 radical (unpaired) electrons. The van der Waals surface area contributed by atoms with Gasteiger partial charge in [0.05, 0.1) is 5.69 Å². The molecule has 1 aliphatic heterocycles. The molecule has 1 saturated heterocycles. The van der Waals surface area contributed by atoms with Crippen LogP contribution < -0.4 is 10.2 Å². The fraction of sp³-hybridized carbons (Fsp3) is 0.524. The van der Waals surface area contributed by atoms with Gasteiger partial charge in [-0.3, -0.25) is 9.69 Å². The van der Waals surface area contributed by atoms with Crippen LogP contribution in [0.15, 0.2) is 28.8 Å². The molecule has 1 aliphatic rings. The summed E-state index contributed by atoms with van der Waals surface area (Å²) in [5, 5.41) is 6.97. The van der Waals surface area contributed by atoms with E-state index in [1.165, 1.54) is 11.3 Å². The maximum atomic E-state index is 12.5. The van der Waals surface area contributed by atoms with Gasteiger partial charge in [0.25, 0.3) is 5.91 Å². The van der Waals surface area contributed by atoms with Crippen LogP contribution >= 0.6 is 0 Å². The van der Waals surface area contributed by atoms with Gasteiger partial charge in [0.2, 0.25) is 0 Å². The molecule has 1 amide bonds. The standard InChI is InChI=1S/C21H30N4O2/c1-15(2)20-19(17(4)23-27-20)21(26)22-8-9-24-10-12-25(13-11-24)18-7-5-6-16(3)14-18/h5-7,14-15H,8-13H2,1-4H3,(H,22,26). The predicted molar refractivity (Wildman–Crippen MR) is 107 cm³/mol. The SMILES string of the molecule is Cc1cccc(N2CCN(CCNC(=O)c3c(C)noc3C(C)C)CC2)c1. The first kappa shape index (κ1) is 19.4. The van der Waals surface area contributed by atoms with E-state index in [1.807, 2.05) is 20.8 Å². The van der Waals surface area contributed by atoms with Gasteiger partial charge < -0.3 is 14.7 Å². The zero-order valence-electron chi connectivity index (χ0n) is 16.8. The number of nitrogens with one attached hydrogen (secondary N) is 1. The molecule has 0 unspecified atom stereocenters. The zero-order valence-corrected chi connectivity index (χ0v) is 16.8. The molecular weight excluding hydrogens is 340 g/mol. The summed E-state index contributed by atoms with van der Waals surface area (Å²) in [5.74, 6) is 0.717. The summed E-state index contributed by atoms with van der Waals surface area (Å²) in [5.41, 5.74) is 3.84. The van der Waals surface area contributed by atoms with Crippen molar-refractivity contribution < 1.29 is 9.32 Å². The van der Waals surface area contributed by atoms with Crippen LogP contribution in [0.5, 0.6) is 0 Å². The van der Waals surface area contributed by atoms with Crippen molar-refractivity contribution in [3.05, 3.63) is 46.8 Å². The third-order valence-electron chi connectivity index (χ3n) is 5.09. The van der Waals surface area contributed by atoms with E-state index in [1.54, 1.807) is 0 Å². The number of aromatic nitrogens is 1. The molecule has 0 atom stereocenters. The number of carbonyl (C=O) groups excluding carboxylic acids is 1. The number of amides is 1. The normalized spacial score (nSPS) is 15.4. The Bertz CT molecular complexity index is 776. The Labute approximate surface area is 161 Å². The maximum Gasteiger partial charge on any atom is 0.256 e. The van der Waals surface area contributed by atoms with Gasteiger partial charge in [-0.25, -0.2) is 0 Å². The van der Waals surface area contributed by atoms with Crippen molar-refractivity contribution in [3.63, 3.8) is 0 Å². The lowest BCUT2D eigenvalue weighted by molar-refractivity contribution is 0.0944. The van der Waals surface area contributed by atoms with Crippen molar-refractivity contribution >= 4 is 11.6 Å². The van der Waals surface area contributed by atoms with Gasteiger partial charge in [-0.2, -0.15) is 0 Å². The van der Waals surface area contributed by atoms with Crippen molar-refractivity contribution in [1.29, 1.82) is 0 Å². The Morgan fingerprint density at radius 1 is 1.22 bits per heavy atom. The lowest BCUT2D eigenvalue weighted by Gasteiger charge is -2.36. The largest absolute Gasteiger partial charge is 0.369 e. The van der Waals surface area contributed by atoms with E-state index in [2.05, 4.69) is 51.5 Å². The molecule has 6 nitrogen and oxygen atoms in total. The van der Waals surface area contributed by atoms with E-state index in [0.717, 1.165) is 32.7 Å². The number of piperazine rings is 1. The minimum Gasteiger partial charge on any atom is -0.369 e. The fourth-order valence-electron chi connectivity index (χ4n) is 3.53. The van der Waals surface area contributed by atoms with Crippen LogP contribution in [0.25, 0.3) is 0 Å². The Morgan fingerprint density at radius 3 is 2.63 bits per heavy atom. The van der Waals surface area contributed by atoms with E-state index in [9.17, 15) is 4.79 Å². The molecule has 3 rings (SSSR count). The second-order valence-electron chi connectivity index (χ2n) is 7.59. The average molecular weight is 370 g/mol. The molecule has 2 heterocycles. The predicted octanol–water partition coefficient (Wildman–Crippen LogP) is 2.97. The lowest BCUT2D eigenvalue weighted by Crippen LogP contribution is -2.48. The highest BCUT2D eigenvalue weighted by Crippen LogP contribution is 2.22. The summed E-state index contributed by atoms with van der Waals surface area (Å²) >= 11 is 0. The van der Waals surface area contributed by atoms with Gasteiger partial charge in [0.1, 0.15) is 5.56 Å². The van der Waals surface area contributed by atoms with Crippen LogP contribution in [0, 0.1) is 13.8 Å². The molecular formula is C21H30N4O2. The number of nitrogens with zero attached hydrogens (tertiary/aromatic N) is 3. The van der Waals surface area contributed by atoms with Crippen LogP contribution in [0.2, 0.25) is 0 Å². The molecule has 27 heavy (non-hydrogen) atoms. The summed E-state index contributed by atoms with van der Waals surface area (Å²) in [6.45, 7) is 13.5. The molecule has 0 spiro atoms. The Kier molecular flexibility index (Phi) is 6.16. The third kappa shape index (κ3) is 4.69. The van der Waals surface area contributed by atoms with Crippen molar-refractivity contribution in [2.45, 2.75) is 33.6 Å². The van der Waals surface area contributed by atoms with Gasteiger partial charge in [-0.15, -0.1) is 0 Å². The molecule has 0 aliphatic carbocycles. The van der Waals surface area contributed by atoms with Crippen molar-refractivity contribution in [3.8, 4) is 0 Å². The number of carbonyl (C=O) groups is 1. The van der Waals surface area contributed by atoms with Gasteiger partial charge >= 0.3 is 0 Å². The maximum absolute atomic E-state index is 12.5. The summed E-state index contributed by atoms with van der Waals surface area (Å²) in [6, 6.07) is 8.66. The molecule has 1 fully saturated rings. The smallest absolute Gasteiger partial charge is 0.256 e. The number of hydrogen-bond acceptors (Lipinski definition) is 5. The summed E-state index contributed by atoms with van der Waals surface area (Å²) in [6.07, 6.45) is 0. The number of anilines is 1. The van der Waals surface area contributed by atoms with E-state index in [0.29, 0.717) is 23.6 Å². The fourth-order valence-corrected chi connectivity index (χ4v) is 3.53. The molecule has 1 N–H and O–H groups in total. The molecule has 0 bridgehead atoms. The first-order valence-corrected chi connectivity index (χ1v) is 9.74. The molecule has 1 aromatic heterocycles. The van der Waals surface area contributed by atoms with E-state index in [4.69, 9.17) is 4.52 Å². The van der Waals surface area contributed by atoms with Gasteiger partial charge in [-0.1, -0.05) is 31.1 Å². The Hall–Kier alpha value is -2.34. The Morgan fingerprint density at radius 2 is 1.96 bits per heavy atom. The zero-order chi connectivity index (χ0) is 19.4. The van der Waals surface area contributed by atoms with Crippen LogP contribution in [-0.4, -0.2) is 55.2 Å². The highest BCUT2D eigenvalue weighted by Gasteiger charge is 2.23. The number of aryl methyl sites for hydroxylation is 2. The molecule has 6 heteroatoms. The number of rotatable bonds is 6. The van der Waals surface area contributed by atoms with E-state index in [-0.39, 0.29) is 11.8 Å². The molecule has 146 valence electrons. The second kappa shape index (κ2) is 8.57. The van der Waals surface area contributed by atoms with Crippen molar-refractivity contribution in [2.75, 3.05) is 44.2 Å². The van der Waals surface area contributed by atoms with Crippen LogP contribution in [0.3, 0.4) is 0 Å². The second-order valence-corrected chi connectivity index (χ2v) is 7.59. The summed E-state index contributed by atoms with van der Waals surface area (Å²) < 4.78 is 5.31. The number of hydrogen-bond donors (Lipinski definition) is 1. The number of benzene rings is 1. The van der Waals surface area contributed by atoms with Gasteiger partial charge in [-0.05, 0) is 31.5 Å². The first-order chi connectivity index (χ1) is 13.0. The average Bonchev–Trinajstić information content (AvgIpc) is 3.04. The summed E-state index contributed by atoms with van der Waals surface area (Å²) in [7, 11) is 0.